The van der Waals surface area contributed by atoms with Gasteiger partial charge in [0, 0.05) is 50.4 Å². The first-order valence-corrected chi connectivity index (χ1v) is 9.94. The first-order chi connectivity index (χ1) is 14.0. The van der Waals surface area contributed by atoms with Crippen LogP contribution in [0, 0.1) is 0 Å². The van der Waals surface area contributed by atoms with Gasteiger partial charge in [-0.1, -0.05) is 30.3 Å². The van der Waals surface area contributed by atoms with Gasteiger partial charge < -0.3 is 21.3 Å². The average molecular weight is 397 g/mol. The molecule has 29 heavy (non-hydrogen) atoms. The Labute approximate surface area is 169 Å². The van der Waals surface area contributed by atoms with E-state index in [0.717, 1.165) is 24.3 Å². The number of piperazine rings is 1. The van der Waals surface area contributed by atoms with Gasteiger partial charge in [-0.2, -0.15) is 5.10 Å². The Hall–Kier alpha value is -2.91. The van der Waals surface area contributed by atoms with Crippen LogP contribution in [-0.4, -0.2) is 59.3 Å². The minimum absolute atomic E-state index is 0.166. The van der Waals surface area contributed by atoms with Gasteiger partial charge in [-0.15, -0.1) is 0 Å². The second-order valence-corrected chi connectivity index (χ2v) is 7.65. The number of aromatic nitrogens is 2. The van der Waals surface area contributed by atoms with Crippen LogP contribution < -0.4 is 21.7 Å². The normalized spacial score (nSPS) is 21.5. The highest BCUT2D eigenvalue weighted by atomic mass is 16.2. The van der Waals surface area contributed by atoms with Crippen LogP contribution in [-0.2, 0) is 18.6 Å². The van der Waals surface area contributed by atoms with Gasteiger partial charge in [-0.25, -0.2) is 4.79 Å². The Morgan fingerprint density at radius 2 is 1.93 bits per heavy atom. The Balaban J connectivity index is 1.67. The lowest BCUT2D eigenvalue weighted by Gasteiger charge is -2.39. The molecule has 0 radical (unpaired) electrons. The molecule has 1 aromatic heterocycles. The molecule has 0 aliphatic carbocycles. The smallest absolute Gasteiger partial charge is 0.319 e. The lowest BCUT2D eigenvalue weighted by Crippen LogP contribution is -2.61. The number of hydrogen-bond donors (Lipinski definition) is 4. The molecule has 0 spiro atoms. The highest BCUT2D eigenvalue weighted by Gasteiger charge is 2.41. The monoisotopic (exact) mass is 397 g/mol. The molecule has 1 atom stereocenters. The van der Waals surface area contributed by atoms with Gasteiger partial charge in [0.2, 0.25) is 0 Å². The van der Waals surface area contributed by atoms with E-state index in [1.165, 1.54) is 0 Å². The number of fused-ring (bicyclic) bond motifs is 1. The van der Waals surface area contributed by atoms with Crippen LogP contribution in [0.25, 0.3) is 0 Å². The maximum absolute atomic E-state index is 12.9. The molecule has 3 amide bonds. The summed E-state index contributed by atoms with van der Waals surface area (Å²) in [7, 11) is 0. The van der Waals surface area contributed by atoms with E-state index >= 15 is 0 Å². The van der Waals surface area contributed by atoms with Crippen LogP contribution in [0.3, 0.4) is 0 Å². The minimum atomic E-state index is -0.922. The number of rotatable bonds is 4. The van der Waals surface area contributed by atoms with Gasteiger partial charge in [-0.3, -0.25) is 14.8 Å². The Bertz CT molecular complexity index is 905. The van der Waals surface area contributed by atoms with Crippen molar-refractivity contribution in [3.63, 3.8) is 0 Å². The Morgan fingerprint density at radius 1 is 1.21 bits per heavy atom. The minimum Gasteiger partial charge on any atom is -0.364 e. The molecule has 2 aliphatic heterocycles. The van der Waals surface area contributed by atoms with Crippen molar-refractivity contribution in [2.24, 2.45) is 5.73 Å². The number of primary amides is 1. The van der Waals surface area contributed by atoms with Gasteiger partial charge in [0.25, 0.3) is 5.91 Å². The van der Waals surface area contributed by atoms with E-state index in [2.05, 4.69) is 21.0 Å². The number of benzene rings is 1. The Morgan fingerprint density at radius 3 is 2.62 bits per heavy atom. The predicted octanol–water partition coefficient (Wildman–Crippen LogP) is -0.0365. The number of nitrogens with zero attached hydrogens (tertiary/aromatic N) is 3. The van der Waals surface area contributed by atoms with Gasteiger partial charge in [0.15, 0.2) is 5.69 Å². The zero-order chi connectivity index (χ0) is 20.4. The number of urea groups is 1. The molecule has 1 saturated heterocycles. The molecular formula is C20H27N7O2. The zero-order valence-electron chi connectivity index (χ0n) is 16.6. The molecule has 2 aromatic rings. The van der Waals surface area contributed by atoms with E-state index in [4.69, 9.17) is 5.73 Å². The van der Waals surface area contributed by atoms with E-state index in [-0.39, 0.29) is 11.7 Å². The first-order valence-electron chi connectivity index (χ1n) is 9.94. The van der Waals surface area contributed by atoms with Crippen LogP contribution in [0.2, 0.25) is 0 Å². The van der Waals surface area contributed by atoms with Crippen molar-refractivity contribution >= 4 is 11.9 Å². The van der Waals surface area contributed by atoms with Gasteiger partial charge in [0.05, 0.1) is 6.54 Å². The fraction of sp³-hybridized carbons (Fsp3) is 0.450. The van der Waals surface area contributed by atoms with Crippen LogP contribution in [0.1, 0.15) is 34.2 Å². The average Bonchev–Trinajstić information content (AvgIpc) is 3.10. The molecule has 9 heteroatoms. The number of carbonyl (C=O) groups is 2. The van der Waals surface area contributed by atoms with Crippen LogP contribution in [0.15, 0.2) is 30.3 Å². The van der Waals surface area contributed by atoms with Crippen molar-refractivity contribution in [2.45, 2.75) is 25.6 Å². The third-order valence-electron chi connectivity index (χ3n) is 5.57. The van der Waals surface area contributed by atoms with E-state index in [1.807, 2.05) is 41.9 Å². The van der Waals surface area contributed by atoms with Crippen LogP contribution in [0.4, 0.5) is 4.79 Å². The van der Waals surface area contributed by atoms with E-state index in [1.54, 1.807) is 4.90 Å². The summed E-state index contributed by atoms with van der Waals surface area (Å²) >= 11 is 0. The second kappa shape index (κ2) is 7.84. The van der Waals surface area contributed by atoms with E-state index in [9.17, 15) is 9.59 Å². The summed E-state index contributed by atoms with van der Waals surface area (Å²) < 4.78 is 1.83. The molecule has 1 fully saturated rings. The van der Waals surface area contributed by atoms with Crippen molar-refractivity contribution in [2.75, 3.05) is 32.7 Å². The lowest BCUT2D eigenvalue weighted by atomic mass is 9.92. The van der Waals surface area contributed by atoms with Gasteiger partial charge in [0.1, 0.15) is 5.66 Å². The molecular weight excluding hydrogens is 370 g/mol. The first kappa shape index (κ1) is 19.4. The molecule has 3 heterocycles. The highest BCUT2D eigenvalue weighted by molar-refractivity contribution is 5.93. The number of carbonyl (C=O) groups excluding carboxylic acids is 2. The quantitative estimate of drug-likeness (QED) is 0.578. The van der Waals surface area contributed by atoms with E-state index in [0.29, 0.717) is 38.2 Å². The summed E-state index contributed by atoms with van der Waals surface area (Å²) in [4.78, 5) is 26.8. The summed E-state index contributed by atoms with van der Waals surface area (Å²) in [6, 6.07) is 9.78. The standard InChI is InChI=1S/C20H27N7O2/c1-20(24-19(29)26-11-9-22-10-12-26)16-15(7-8-23-20)27(25-17(16)18(21)28)13-14-5-3-2-4-6-14/h2-6,22-23H,7-13H2,1H3,(H2,21,28)(H,24,29). The third kappa shape index (κ3) is 3.83. The van der Waals surface area contributed by atoms with Crippen molar-refractivity contribution in [1.82, 2.24) is 30.6 Å². The molecule has 5 N–H and O–H groups in total. The van der Waals surface area contributed by atoms with Gasteiger partial charge in [-0.05, 0) is 12.5 Å². The topological polar surface area (TPSA) is 117 Å². The fourth-order valence-corrected chi connectivity index (χ4v) is 4.12. The molecule has 2 aliphatic rings. The van der Waals surface area contributed by atoms with Crippen molar-refractivity contribution in [3.8, 4) is 0 Å². The van der Waals surface area contributed by atoms with Gasteiger partial charge >= 0.3 is 6.03 Å². The fourth-order valence-electron chi connectivity index (χ4n) is 4.12. The maximum atomic E-state index is 12.9. The third-order valence-corrected chi connectivity index (χ3v) is 5.57. The van der Waals surface area contributed by atoms with Crippen molar-refractivity contribution in [1.29, 1.82) is 0 Å². The number of amides is 3. The molecule has 0 saturated carbocycles. The van der Waals surface area contributed by atoms with Crippen molar-refractivity contribution in [3.05, 3.63) is 52.8 Å². The van der Waals surface area contributed by atoms with E-state index < -0.39 is 11.6 Å². The Kier molecular flexibility index (Phi) is 5.25. The van der Waals surface area contributed by atoms with Crippen molar-refractivity contribution < 1.29 is 9.59 Å². The van der Waals surface area contributed by atoms with Crippen LogP contribution >= 0.6 is 0 Å². The molecule has 0 bridgehead atoms. The number of nitrogens with one attached hydrogen (secondary N) is 3. The van der Waals surface area contributed by atoms with Crippen LogP contribution in [0.5, 0.6) is 0 Å². The number of hydrogen-bond acceptors (Lipinski definition) is 5. The molecule has 1 unspecified atom stereocenters. The molecule has 4 rings (SSSR count). The summed E-state index contributed by atoms with van der Waals surface area (Å²) in [6.45, 7) is 5.89. The summed E-state index contributed by atoms with van der Waals surface area (Å²) in [5.74, 6) is -0.598. The largest absolute Gasteiger partial charge is 0.364 e. The zero-order valence-corrected chi connectivity index (χ0v) is 16.6. The number of nitrogens with two attached hydrogens (primary N) is 1. The summed E-state index contributed by atoms with van der Waals surface area (Å²) in [5, 5.41) is 14.2. The summed E-state index contributed by atoms with van der Waals surface area (Å²) in [5.41, 5.74) is 7.61. The second-order valence-electron chi connectivity index (χ2n) is 7.65. The molecule has 9 nitrogen and oxygen atoms in total. The summed E-state index contributed by atoms with van der Waals surface area (Å²) in [6.07, 6.45) is 0.696. The SMILES string of the molecule is CC1(NC(=O)N2CCNCC2)NCCc2c1c(C(N)=O)nn2Cc1ccccc1. The highest BCUT2D eigenvalue weighted by Crippen LogP contribution is 2.30. The maximum Gasteiger partial charge on any atom is 0.319 e. The predicted molar refractivity (Wildman–Crippen MR) is 108 cm³/mol. The molecule has 154 valence electrons. The lowest BCUT2D eigenvalue weighted by molar-refractivity contribution is 0.0989. The molecule has 1 aromatic carbocycles.